The second-order valence-corrected chi connectivity index (χ2v) is 7.86. The Morgan fingerprint density at radius 3 is 2.49 bits per heavy atom. The van der Waals surface area contributed by atoms with Crippen molar-refractivity contribution >= 4 is 46.0 Å². The number of anilines is 1. The van der Waals surface area contributed by atoms with Crippen LogP contribution < -0.4 is 25.7 Å². The molecule has 0 bridgehead atoms. The molecule has 0 radical (unpaired) electrons. The molecule has 35 heavy (non-hydrogen) atoms. The van der Waals surface area contributed by atoms with Crippen molar-refractivity contribution in [2.45, 2.75) is 0 Å². The first kappa shape index (κ1) is 23.7. The Morgan fingerprint density at radius 1 is 0.971 bits per heavy atom. The van der Waals surface area contributed by atoms with Gasteiger partial charge in [0.2, 0.25) is 5.91 Å². The summed E-state index contributed by atoms with van der Waals surface area (Å²) in [5.41, 5.74) is 2.39. The van der Waals surface area contributed by atoms with E-state index in [2.05, 4.69) is 10.6 Å². The highest BCUT2D eigenvalue weighted by Gasteiger charge is 2.13. The number of rotatable bonds is 6. The lowest BCUT2D eigenvalue weighted by Crippen LogP contribution is -2.32. The molecule has 2 N–H and O–H groups in total. The van der Waals surface area contributed by atoms with Gasteiger partial charge in [0.05, 0.1) is 25.5 Å². The van der Waals surface area contributed by atoms with E-state index in [9.17, 15) is 9.59 Å². The van der Waals surface area contributed by atoms with E-state index in [0.29, 0.717) is 28.1 Å². The topological polar surface area (TPSA) is 89.8 Å². The van der Waals surface area contributed by atoms with Crippen LogP contribution in [0.3, 0.4) is 0 Å². The van der Waals surface area contributed by atoms with Crippen LogP contribution >= 0.6 is 12.2 Å². The fourth-order valence-electron chi connectivity index (χ4n) is 3.43. The van der Waals surface area contributed by atoms with Gasteiger partial charge >= 0.3 is 5.63 Å². The molecule has 0 aliphatic heterocycles. The Balaban J connectivity index is 1.50. The third-order valence-corrected chi connectivity index (χ3v) is 5.38. The molecule has 176 valence electrons. The van der Waals surface area contributed by atoms with Crippen LogP contribution in [0.1, 0.15) is 5.56 Å². The lowest BCUT2D eigenvalue weighted by molar-refractivity contribution is -0.115. The number of thiocarbonyl (C=S) groups is 1. The largest absolute Gasteiger partial charge is 0.497 e. The molecule has 0 saturated carbocycles. The molecule has 4 rings (SSSR count). The highest BCUT2D eigenvalue weighted by molar-refractivity contribution is 7.80. The van der Waals surface area contributed by atoms with E-state index >= 15 is 0 Å². The molecule has 1 aromatic heterocycles. The van der Waals surface area contributed by atoms with Gasteiger partial charge in [-0.15, -0.1) is 0 Å². The lowest BCUT2D eigenvalue weighted by Gasteiger charge is -2.14. The van der Waals surface area contributed by atoms with Crippen LogP contribution in [0.25, 0.3) is 28.2 Å². The summed E-state index contributed by atoms with van der Waals surface area (Å²) in [7, 11) is 3.11. The van der Waals surface area contributed by atoms with Gasteiger partial charge in [-0.3, -0.25) is 10.1 Å². The van der Waals surface area contributed by atoms with Gasteiger partial charge in [-0.05, 0) is 65.8 Å². The second-order valence-electron chi connectivity index (χ2n) is 7.45. The van der Waals surface area contributed by atoms with Crippen molar-refractivity contribution in [3.8, 4) is 22.6 Å². The molecule has 0 aliphatic carbocycles. The first-order valence-corrected chi connectivity index (χ1v) is 11.0. The summed E-state index contributed by atoms with van der Waals surface area (Å²) in [6.07, 6.45) is 3.04. The monoisotopic (exact) mass is 486 g/mol. The average molecular weight is 487 g/mol. The molecule has 1 amide bonds. The SMILES string of the molecule is COc1ccc(C=CC(=O)NC(=S)Nc2cc(-c3cc4ccccc4oc3=O)ccc2OC)cc1. The van der Waals surface area contributed by atoms with Crippen LogP contribution in [0.2, 0.25) is 0 Å². The van der Waals surface area contributed by atoms with Crippen LogP contribution in [0, 0.1) is 0 Å². The van der Waals surface area contributed by atoms with Crippen molar-refractivity contribution in [1.82, 2.24) is 5.32 Å². The fraction of sp³-hybridized carbons (Fsp3) is 0.0741. The van der Waals surface area contributed by atoms with E-state index in [-0.39, 0.29) is 5.11 Å². The van der Waals surface area contributed by atoms with Crippen LogP contribution in [-0.4, -0.2) is 25.2 Å². The minimum absolute atomic E-state index is 0.0791. The Kier molecular flexibility index (Phi) is 7.23. The number of fused-ring (bicyclic) bond motifs is 1. The number of nitrogens with one attached hydrogen (secondary N) is 2. The standard InChI is InChI=1S/C27H22N2O5S/c1-32-20-11-7-17(8-12-20)9-14-25(30)29-27(35)28-22-16-18(10-13-24(22)33-2)21-15-19-5-3-4-6-23(19)34-26(21)31/h3-16H,1-2H3,(H2,28,29,30,35). The number of carbonyl (C=O) groups is 1. The molecule has 0 fully saturated rings. The molecular weight excluding hydrogens is 464 g/mol. The number of amides is 1. The van der Waals surface area contributed by atoms with Gasteiger partial charge in [0.25, 0.3) is 0 Å². The maximum Gasteiger partial charge on any atom is 0.344 e. The van der Waals surface area contributed by atoms with E-state index in [0.717, 1.165) is 16.7 Å². The summed E-state index contributed by atoms with van der Waals surface area (Å²) >= 11 is 5.30. The number of hydrogen-bond donors (Lipinski definition) is 2. The molecule has 0 unspecified atom stereocenters. The first-order valence-electron chi connectivity index (χ1n) is 10.6. The molecule has 0 spiro atoms. The van der Waals surface area contributed by atoms with E-state index in [1.807, 2.05) is 30.3 Å². The molecule has 7 nitrogen and oxygen atoms in total. The van der Waals surface area contributed by atoms with Gasteiger partial charge in [0, 0.05) is 11.5 Å². The summed E-state index contributed by atoms with van der Waals surface area (Å²) in [5.74, 6) is 0.822. The Labute approximate surface area is 207 Å². The van der Waals surface area contributed by atoms with Crippen LogP contribution in [0.4, 0.5) is 5.69 Å². The zero-order valence-corrected chi connectivity index (χ0v) is 19.8. The van der Waals surface area contributed by atoms with Crippen LogP contribution in [0.15, 0.2) is 88.1 Å². The molecule has 4 aromatic rings. The van der Waals surface area contributed by atoms with Gasteiger partial charge in [-0.2, -0.15) is 0 Å². The minimum atomic E-state index is -0.459. The quantitative estimate of drug-likeness (QED) is 0.225. The molecular formula is C27H22N2O5S. The van der Waals surface area contributed by atoms with Gasteiger partial charge in [0.15, 0.2) is 5.11 Å². The van der Waals surface area contributed by atoms with E-state index in [1.165, 1.54) is 13.2 Å². The lowest BCUT2D eigenvalue weighted by atomic mass is 10.0. The minimum Gasteiger partial charge on any atom is -0.497 e. The predicted molar refractivity (Wildman–Crippen MR) is 141 cm³/mol. The zero-order chi connectivity index (χ0) is 24.8. The molecule has 8 heteroatoms. The van der Waals surface area contributed by atoms with Crippen LogP contribution in [0.5, 0.6) is 11.5 Å². The molecule has 1 heterocycles. The third-order valence-electron chi connectivity index (χ3n) is 5.18. The van der Waals surface area contributed by atoms with Gasteiger partial charge in [0.1, 0.15) is 17.1 Å². The maximum atomic E-state index is 12.6. The highest BCUT2D eigenvalue weighted by atomic mass is 32.1. The number of hydrogen-bond acceptors (Lipinski definition) is 6. The summed E-state index contributed by atoms with van der Waals surface area (Å²) in [4.78, 5) is 24.9. The predicted octanol–water partition coefficient (Wildman–Crippen LogP) is 5.00. The van der Waals surface area contributed by atoms with Gasteiger partial charge in [-0.1, -0.05) is 36.4 Å². The fourth-order valence-corrected chi connectivity index (χ4v) is 3.64. The van der Waals surface area contributed by atoms with Crippen LogP contribution in [-0.2, 0) is 4.79 Å². The van der Waals surface area contributed by atoms with Crippen molar-refractivity contribution < 1.29 is 18.7 Å². The number of ether oxygens (including phenoxy) is 2. The van der Waals surface area contributed by atoms with Crippen molar-refractivity contribution in [2.24, 2.45) is 0 Å². The van der Waals surface area contributed by atoms with Crippen molar-refractivity contribution in [3.63, 3.8) is 0 Å². The Morgan fingerprint density at radius 2 is 1.74 bits per heavy atom. The normalized spacial score (nSPS) is 10.8. The number of benzene rings is 3. The molecule has 0 saturated heterocycles. The molecule has 0 atom stereocenters. The zero-order valence-electron chi connectivity index (χ0n) is 19.0. The number of carbonyl (C=O) groups excluding carboxylic acids is 1. The molecule has 0 aliphatic rings. The molecule has 3 aromatic carbocycles. The van der Waals surface area contributed by atoms with Gasteiger partial charge in [-0.25, -0.2) is 4.79 Å². The number of para-hydroxylation sites is 1. The van der Waals surface area contributed by atoms with Crippen molar-refractivity contribution in [2.75, 3.05) is 19.5 Å². The van der Waals surface area contributed by atoms with E-state index < -0.39 is 11.5 Å². The summed E-state index contributed by atoms with van der Waals surface area (Å²) in [5, 5.41) is 6.45. The van der Waals surface area contributed by atoms with E-state index in [1.54, 1.807) is 55.7 Å². The summed E-state index contributed by atoms with van der Waals surface area (Å²) in [6, 6.07) is 21.5. The van der Waals surface area contributed by atoms with Crippen molar-refractivity contribution in [3.05, 3.63) is 94.9 Å². The van der Waals surface area contributed by atoms with Gasteiger partial charge < -0.3 is 19.2 Å². The smallest absolute Gasteiger partial charge is 0.344 e. The summed E-state index contributed by atoms with van der Waals surface area (Å²) in [6.45, 7) is 0. The highest BCUT2D eigenvalue weighted by Crippen LogP contribution is 2.30. The average Bonchev–Trinajstić information content (AvgIpc) is 2.87. The Hall–Kier alpha value is -4.43. The van der Waals surface area contributed by atoms with Crippen molar-refractivity contribution in [1.29, 1.82) is 0 Å². The second kappa shape index (κ2) is 10.7. The third kappa shape index (κ3) is 5.74. The van der Waals surface area contributed by atoms with E-state index in [4.69, 9.17) is 26.1 Å². The summed E-state index contributed by atoms with van der Waals surface area (Å²) < 4.78 is 16.0. The first-order chi connectivity index (χ1) is 17.0. The Bertz CT molecular complexity index is 1480. The maximum absolute atomic E-state index is 12.6. The number of methoxy groups -OCH3 is 2.